The van der Waals surface area contributed by atoms with E-state index in [9.17, 15) is 9.59 Å². The maximum absolute atomic E-state index is 12.2. The van der Waals surface area contributed by atoms with Crippen molar-refractivity contribution in [3.63, 3.8) is 0 Å². The number of nitrogens with zero attached hydrogens (tertiary/aromatic N) is 1. The molecule has 5 nitrogen and oxygen atoms in total. The van der Waals surface area contributed by atoms with E-state index in [2.05, 4.69) is 10.6 Å². The van der Waals surface area contributed by atoms with Gasteiger partial charge in [0.25, 0.3) is 0 Å². The number of carbonyl (C=O) groups excluding carboxylic acids is 2. The van der Waals surface area contributed by atoms with Gasteiger partial charge >= 0.3 is 0 Å². The number of carbonyl (C=O) groups is 2. The monoisotopic (exact) mass is 285 g/mol. The van der Waals surface area contributed by atoms with Gasteiger partial charge in [0, 0.05) is 24.8 Å². The topological polar surface area (TPSA) is 61.4 Å². The van der Waals surface area contributed by atoms with E-state index >= 15 is 0 Å². The molecule has 2 N–H and O–H groups in total. The Kier molecular flexibility index (Phi) is 5.51. The summed E-state index contributed by atoms with van der Waals surface area (Å²) in [5.74, 6) is 1.48. The van der Waals surface area contributed by atoms with Crippen LogP contribution in [-0.2, 0) is 9.59 Å². The lowest BCUT2D eigenvalue weighted by Crippen LogP contribution is -2.49. The Hall–Kier alpha value is -0.750. The normalized spacial score (nSPS) is 26.7. The zero-order valence-electron chi connectivity index (χ0n) is 11.5. The molecule has 2 atom stereocenters. The van der Waals surface area contributed by atoms with Crippen LogP contribution in [0, 0.1) is 0 Å². The highest BCUT2D eigenvalue weighted by molar-refractivity contribution is 7.99. The second kappa shape index (κ2) is 7.14. The first kappa shape index (κ1) is 14.7. The standard InChI is InChI=1S/C13H23N3O2S/c1-2-4-12(17)16-9-19-8-11(16)13(18)15-7-10-5-3-6-14-10/h10-11,14H,2-9H2,1H3,(H,15,18). The van der Waals surface area contributed by atoms with Crippen molar-refractivity contribution in [2.75, 3.05) is 24.7 Å². The molecule has 2 aliphatic rings. The molecule has 2 fully saturated rings. The van der Waals surface area contributed by atoms with Gasteiger partial charge in [-0.15, -0.1) is 11.8 Å². The van der Waals surface area contributed by atoms with E-state index in [0.29, 0.717) is 24.9 Å². The van der Waals surface area contributed by atoms with E-state index < -0.39 is 0 Å². The minimum absolute atomic E-state index is 0.00292. The molecule has 0 saturated carbocycles. The van der Waals surface area contributed by atoms with Crippen molar-refractivity contribution in [3.8, 4) is 0 Å². The van der Waals surface area contributed by atoms with Crippen molar-refractivity contribution < 1.29 is 9.59 Å². The number of amides is 2. The summed E-state index contributed by atoms with van der Waals surface area (Å²) in [4.78, 5) is 25.8. The number of nitrogens with one attached hydrogen (secondary N) is 2. The fourth-order valence-corrected chi connectivity index (χ4v) is 3.72. The van der Waals surface area contributed by atoms with Gasteiger partial charge in [-0.1, -0.05) is 6.92 Å². The Balaban J connectivity index is 1.81. The summed E-state index contributed by atoms with van der Waals surface area (Å²) in [6, 6.07) is 0.128. The van der Waals surface area contributed by atoms with Crippen molar-refractivity contribution in [3.05, 3.63) is 0 Å². The lowest BCUT2D eigenvalue weighted by molar-refractivity contribution is -0.138. The molecule has 6 heteroatoms. The third-order valence-electron chi connectivity index (χ3n) is 3.65. The summed E-state index contributed by atoms with van der Waals surface area (Å²) in [5, 5.41) is 6.34. The molecule has 2 rings (SSSR count). The summed E-state index contributed by atoms with van der Waals surface area (Å²) in [7, 11) is 0. The van der Waals surface area contributed by atoms with Gasteiger partial charge in [-0.05, 0) is 25.8 Å². The van der Waals surface area contributed by atoms with Crippen molar-refractivity contribution in [1.82, 2.24) is 15.5 Å². The number of rotatable bonds is 5. The molecule has 0 radical (unpaired) electrons. The van der Waals surface area contributed by atoms with Gasteiger partial charge in [0.05, 0.1) is 5.88 Å². The lowest BCUT2D eigenvalue weighted by Gasteiger charge is -2.23. The highest BCUT2D eigenvalue weighted by Gasteiger charge is 2.34. The summed E-state index contributed by atoms with van der Waals surface area (Å²) >= 11 is 1.66. The van der Waals surface area contributed by atoms with E-state index in [0.717, 1.165) is 25.1 Å². The Morgan fingerprint density at radius 2 is 2.32 bits per heavy atom. The van der Waals surface area contributed by atoms with Crippen LogP contribution in [0.1, 0.15) is 32.6 Å². The molecule has 2 amide bonds. The first-order valence-corrected chi connectivity index (χ1v) is 8.26. The molecule has 19 heavy (non-hydrogen) atoms. The minimum Gasteiger partial charge on any atom is -0.353 e. The second-order valence-electron chi connectivity index (χ2n) is 5.17. The molecule has 0 bridgehead atoms. The van der Waals surface area contributed by atoms with Crippen LogP contribution in [0.4, 0.5) is 0 Å². The molecule has 2 aliphatic heterocycles. The van der Waals surface area contributed by atoms with Crippen molar-refractivity contribution >= 4 is 23.6 Å². The molecule has 108 valence electrons. The average molecular weight is 285 g/mol. The van der Waals surface area contributed by atoms with Gasteiger partial charge in [0.15, 0.2) is 0 Å². The van der Waals surface area contributed by atoms with Gasteiger partial charge in [-0.3, -0.25) is 9.59 Å². The van der Waals surface area contributed by atoms with Crippen LogP contribution < -0.4 is 10.6 Å². The molecule has 0 aromatic heterocycles. The number of thioether (sulfide) groups is 1. The van der Waals surface area contributed by atoms with Crippen molar-refractivity contribution in [2.24, 2.45) is 0 Å². The van der Waals surface area contributed by atoms with Crippen LogP contribution >= 0.6 is 11.8 Å². The van der Waals surface area contributed by atoms with Crippen LogP contribution in [0.25, 0.3) is 0 Å². The fourth-order valence-electron chi connectivity index (χ4n) is 2.54. The maximum atomic E-state index is 12.2. The Morgan fingerprint density at radius 1 is 1.47 bits per heavy atom. The summed E-state index contributed by atoms with van der Waals surface area (Å²) in [5.41, 5.74) is 0. The average Bonchev–Trinajstić information content (AvgIpc) is 3.07. The van der Waals surface area contributed by atoms with Crippen LogP contribution in [0.5, 0.6) is 0 Å². The molecule has 2 heterocycles. The Morgan fingerprint density at radius 3 is 3.00 bits per heavy atom. The van der Waals surface area contributed by atoms with Crippen LogP contribution in [0.2, 0.25) is 0 Å². The minimum atomic E-state index is -0.273. The SMILES string of the molecule is CCCC(=O)N1CSCC1C(=O)NCC1CCCN1. The van der Waals surface area contributed by atoms with Crippen LogP contribution in [-0.4, -0.2) is 53.5 Å². The zero-order chi connectivity index (χ0) is 13.7. The molecule has 0 spiro atoms. The van der Waals surface area contributed by atoms with E-state index in [-0.39, 0.29) is 17.9 Å². The Labute approximate surface area is 118 Å². The maximum Gasteiger partial charge on any atom is 0.243 e. The van der Waals surface area contributed by atoms with Gasteiger partial charge in [0.1, 0.15) is 6.04 Å². The van der Waals surface area contributed by atoms with Crippen LogP contribution in [0.15, 0.2) is 0 Å². The second-order valence-corrected chi connectivity index (χ2v) is 6.17. The predicted octanol–water partition coefficient (Wildman–Crippen LogP) is 0.556. The Bertz CT molecular complexity index is 332. The largest absolute Gasteiger partial charge is 0.353 e. The zero-order valence-corrected chi connectivity index (χ0v) is 12.3. The van der Waals surface area contributed by atoms with E-state index in [1.807, 2.05) is 6.92 Å². The molecule has 2 saturated heterocycles. The molecule has 0 aliphatic carbocycles. The third kappa shape index (κ3) is 3.86. The molecular weight excluding hydrogens is 262 g/mol. The van der Waals surface area contributed by atoms with Crippen molar-refractivity contribution in [2.45, 2.75) is 44.7 Å². The highest BCUT2D eigenvalue weighted by atomic mass is 32.2. The van der Waals surface area contributed by atoms with Crippen LogP contribution in [0.3, 0.4) is 0 Å². The fraction of sp³-hybridized carbons (Fsp3) is 0.846. The molecule has 0 aromatic rings. The molecule has 2 unspecified atom stereocenters. The third-order valence-corrected chi connectivity index (χ3v) is 4.67. The smallest absolute Gasteiger partial charge is 0.243 e. The van der Waals surface area contributed by atoms with E-state index in [1.165, 1.54) is 6.42 Å². The number of hydrogen-bond donors (Lipinski definition) is 2. The highest BCUT2D eigenvalue weighted by Crippen LogP contribution is 2.22. The first-order valence-electron chi connectivity index (χ1n) is 7.10. The van der Waals surface area contributed by atoms with Gasteiger partial charge in [-0.2, -0.15) is 0 Å². The van der Waals surface area contributed by atoms with Crippen molar-refractivity contribution in [1.29, 1.82) is 0 Å². The summed E-state index contributed by atoms with van der Waals surface area (Å²) in [6.45, 7) is 3.71. The van der Waals surface area contributed by atoms with Gasteiger partial charge in [0.2, 0.25) is 11.8 Å². The van der Waals surface area contributed by atoms with E-state index in [4.69, 9.17) is 0 Å². The number of hydrogen-bond acceptors (Lipinski definition) is 4. The van der Waals surface area contributed by atoms with E-state index in [1.54, 1.807) is 16.7 Å². The van der Waals surface area contributed by atoms with Gasteiger partial charge < -0.3 is 15.5 Å². The van der Waals surface area contributed by atoms with Gasteiger partial charge in [-0.25, -0.2) is 0 Å². The summed E-state index contributed by atoms with van der Waals surface area (Å²) < 4.78 is 0. The predicted molar refractivity (Wildman–Crippen MR) is 76.9 cm³/mol. The molecular formula is C13H23N3O2S. The first-order chi connectivity index (χ1) is 9.22. The lowest BCUT2D eigenvalue weighted by atomic mass is 10.2. The summed E-state index contributed by atoms with van der Waals surface area (Å²) in [6.07, 6.45) is 3.67. The quantitative estimate of drug-likeness (QED) is 0.775. The molecule has 0 aromatic carbocycles.